The Labute approximate surface area is 317 Å². The third kappa shape index (κ3) is 37.0. The Morgan fingerprint density at radius 2 is 0.981 bits per heavy atom. The van der Waals surface area contributed by atoms with Crippen molar-refractivity contribution in [3.05, 3.63) is 12.2 Å². The lowest BCUT2D eigenvalue weighted by Gasteiger charge is -2.20. The van der Waals surface area contributed by atoms with Crippen LogP contribution in [0.15, 0.2) is 12.2 Å². The first-order valence-corrected chi connectivity index (χ1v) is 22.6. The van der Waals surface area contributed by atoms with Gasteiger partial charge in [-0.3, -0.25) is 18.6 Å². The monoisotopic (exact) mass is 763 g/mol. The minimum atomic E-state index is -4.61. The zero-order chi connectivity index (χ0) is 38.4. The fraction of sp³-hybridized carbons (Fsp3) is 0.902. The number of hydrogen-bond donors (Lipinski definition) is 3. The molecular formula is C41H79O10P. The lowest BCUT2D eigenvalue weighted by atomic mass is 10.0. The second-order valence-corrected chi connectivity index (χ2v) is 15.8. The van der Waals surface area contributed by atoms with Crippen molar-refractivity contribution in [1.29, 1.82) is 0 Å². The average Bonchev–Trinajstić information content (AvgIpc) is 3.13. The molecule has 3 unspecified atom stereocenters. The molecule has 52 heavy (non-hydrogen) atoms. The summed E-state index contributed by atoms with van der Waals surface area (Å²) in [6.07, 6.45) is 34.8. The predicted octanol–water partition coefficient (Wildman–Crippen LogP) is 10.8. The summed E-state index contributed by atoms with van der Waals surface area (Å²) in [4.78, 5) is 34.8. The molecule has 0 fully saturated rings. The molecule has 0 aliphatic rings. The summed E-state index contributed by atoms with van der Waals surface area (Å²) < 4.78 is 32.6. The number of phosphoric ester groups is 1. The van der Waals surface area contributed by atoms with Crippen LogP contribution < -0.4 is 0 Å². The van der Waals surface area contributed by atoms with Crippen LogP contribution in [-0.2, 0) is 32.7 Å². The summed E-state index contributed by atoms with van der Waals surface area (Å²) in [5.41, 5.74) is 0. The van der Waals surface area contributed by atoms with E-state index in [1.165, 1.54) is 96.3 Å². The number of phosphoric acid groups is 1. The van der Waals surface area contributed by atoms with Crippen molar-refractivity contribution in [3.63, 3.8) is 0 Å². The Balaban J connectivity index is 4.18. The van der Waals surface area contributed by atoms with Crippen molar-refractivity contribution in [2.24, 2.45) is 0 Å². The van der Waals surface area contributed by atoms with Crippen LogP contribution in [0.2, 0.25) is 0 Å². The zero-order valence-corrected chi connectivity index (χ0v) is 34.2. The van der Waals surface area contributed by atoms with Crippen molar-refractivity contribution < 1.29 is 47.8 Å². The van der Waals surface area contributed by atoms with Crippen molar-refractivity contribution >= 4 is 19.8 Å². The molecule has 10 nitrogen and oxygen atoms in total. The predicted molar refractivity (Wildman–Crippen MR) is 210 cm³/mol. The molecule has 0 radical (unpaired) electrons. The highest BCUT2D eigenvalue weighted by molar-refractivity contribution is 7.47. The summed E-state index contributed by atoms with van der Waals surface area (Å²) in [6.45, 7) is 2.32. The number of allylic oxidation sites excluding steroid dienone is 2. The van der Waals surface area contributed by atoms with Crippen molar-refractivity contribution in [1.82, 2.24) is 0 Å². The van der Waals surface area contributed by atoms with Gasteiger partial charge in [0.05, 0.1) is 19.8 Å². The van der Waals surface area contributed by atoms with E-state index in [0.717, 1.165) is 64.2 Å². The maximum atomic E-state index is 12.5. The Morgan fingerprint density at radius 1 is 0.558 bits per heavy atom. The van der Waals surface area contributed by atoms with E-state index < -0.39 is 51.8 Å². The molecule has 11 heteroatoms. The van der Waals surface area contributed by atoms with E-state index in [-0.39, 0.29) is 19.4 Å². The van der Waals surface area contributed by atoms with E-state index in [1.807, 2.05) is 0 Å². The van der Waals surface area contributed by atoms with Gasteiger partial charge in [0.2, 0.25) is 0 Å². The van der Waals surface area contributed by atoms with Gasteiger partial charge in [-0.2, -0.15) is 0 Å². The molecule has 0 heterocycles. The molecule has 0 rings (SSSR count). The molecule has 3 N–H and O–H groups in total. The lowest BCUT2D eigenvalue weighted by molar-refractivity contribution is -0.161. The fourth-order valence-electron chi connectivity index (χ4n) is 5.88. The van der Waals surface area contributed by atoms with Crippen LogP contribution in [0, 0.1) is 0 Å². The van der Waals surface area contributed by atoms with E-state index in [9.17, 15) is 24.2 Å². The van der Waals surface area contributed by atoms with Gasteiger partial charge in [0.15, 0.2) is 6.10 Å². The molecule has 0 aliphatic carbocycles. The largest absolute Gasteiger partial charge is 0.472 e. The molecule has 0 aromatic heterocycles. The number of hydrogen-bond acceptors (Lipinski definition) is 9. The minimum Gasteiger partial charge on any atom is -0.462 e. The second kappa shape index (κ2) is 38.0. The highest BCUT2D eigenvalue weighted by Crippen LogP contribution is 2.43. The number of ether oxygens (including phenoxy) is 2. The van der Waals surface area contributed by atoms with Crippen LogP contribution in [0.4, 0.5) is 0 Å². The van der Waals surface area contributed by atoms with Crippen molar-refractivity contribution in [2.45, 2.75) is 212 Å². The van der Waals surface area contributed by atoms with Crippen LogP contribution in [0.5, 0.6) is 0 Å². The normalized spacial score (nSPS) is 14.0. The van der Waals surface area contributed by atoms with Crippen LogP contribution in [0.1, 0.15) is 200 Å². The van der Waals surface area contributed by atoms with E-state index in [2.05, 4.69) is 30.5 Å². The van der Waals surface area contributed by atoms with Crippen LogP contribution in [0.3, 0.4) is 0 Å². The smallest absolute Gasteiger partial charge is 0.462 e. The second-order valence-electron chi connectivity index (χ2n) is 14.4. The number of esters is 2. The Morgan fingerprint density at radius 3 is 1.46 bits per heavy atom. The van der Waals surface area contributed by atoms with E-state index >= 15 is 0 Å². The topological polar surface area (TPSA) is 149 Å². The van der Waals surface area contributed by atoms with Gasteiger partial charge < -0.3 is 24.6 Å². The highest BCUT2D eigenvalue weighted by Gasteiger charge is 2.27. The molecule has 0 bridgehead atoms. The van der Waals surface area contributed by atoms with Gasteiger partial charge in [-0.25, -0.2) is 4.57 Å². The van der Waals surface area contributed by atoms with E-state index in [4.69, 9.17) is 19.1 Å². The Hall–Kier alpha value is -1.29. The summed E-state index contributed by atoms with van der Waals surface area (Å²) in [6, 6.07) is 0. The number of rotatable bonds is 40. The molecule has 0 saturated heterocycles. The first-order valence-electron chi connectivity index (χ1n) is 21.1. The lowest BCUT2D eigenvalue weighted by Crippen LogP contribution is -2.29. The number of aliphatic hydroxyl groups excluding tert-OH is 2. The SMILES string of the molecule is CCC/C=C\CCCCCCCC(=O)OC(COC(=O)CCCCCCCCCCCCCCCCCCCCC)COP(=O)(O)OCC(O)CO. The van der Waals surface area contributed by atoms with Gasteiger partial charge in [-0.05, 0) is 32.1 Å². The molecule has 0 aromatic rings. The quantitative estimate of drug-likeness (QED) is 0.0238. The molecule has 3 atom stereocenters. The number of carbonyl (C=O) groups is 2. The van der Waals surface area contributed by atoms with Gasteiger partial charge in [-0.15, -0.1) is 0 Å². The fourth-order valence-corrected chi connectivity index (χ4v) is 6.67. The first kappa shape index (κ1) is 50.7. The van der Waals surface area contributed by atoms with Gasteiger partial charge in [0.1, 0.15) is 12.7 Å². The number of carbonyl (C=O) groups excluding carboxylic acids is 2. The van der Waals surface area contributed by atoms with Crippen LogP contribution in [-0.4, -0.2) is 65.7 Å². The number of unbranched alkanes of at least 4 members (excludes halogenated alkanes) is 24. The van der Waals surface area contributed by atoms with Crippen molar-refractivity contribution in [3.8, 4) is 0 Å². The van der Waals surface area contributed by atoms with Crippen LogP contribution >= 0.6 is 7.82 Å². The summed E-state index contributed by atoms with van der Waals surface area (Å²) in [5.74, 6) is -0.928. The molecule has 0 amide bonds. The third-order valence-electron chi connectivity index (χ3n) is 9.15. The summed E-state index contributed by atoms with van der Waals surface area (Å²) in [5, 5.41) is 18.3. The van der Waals surface area contributed by atoms with Gasteiger partial charge in [0.25, 0.3) is 0 Å². The zero-order valence-electron chi connectivity index (χ0n) is 33.3. The molecular weight excluding hydrogens is 683 g/mol. The van der Waals surface area contributed by atoms with Crippen molar-refractivity contribution in [2.75, 3.05) is 26.4 Å². The van der Waals surface area contributed by atoms with Gasteiger partial charge in [-0.1, -0.05) is 167 Å². The van der Waals surface area contributed by atoms with Crippen LogP contribution in [0.25, 0.3) is 0 Å². The van der Waals surface area contributed by atoms with Gasteiger partial charge in [0, 0.05) is 12.8 Å². The summed E-state index contributed by atoms with van der Waals surface area (Å²) >= 11 is 0. The first-order chi connectivity index (χ1) is 25.2. The maximum absolute atomic E-state index is 12.5. The molecule has 0 spiro atoms. The third-order valence-corrected chi connectivity index (χ3v) is 10.1. The Kier molecular flexibility index (Phi) is 37.1. The van der Waals surface area contributed by atoms with Gasteiger partial charge >= 0.3 is 19.8 Å². The standard InChI is InChI=1S/C41H79O10P/c1-3-5-7-9-11-13-15-16-17-18-19-20-21-22-23-25-26-28-30-32-40(44)48-36-39(37-50-52(46,47)49-35-38(43)34-42)51-41(45)33-31-29-27-24-14-12-10-8-6-4-2/h8,10,38-39,42-43H,3-7,9,11-37H2,1-2H3,(H,46,47)/b10-8-. The number of aliphatic hydroxyl groups is 2. The minimum absolute atomic E-state index is 0.177. The molecule has 0 saturated carbocycles. The molecule has 0 aromatic carbocycles. The molecule has 308 valence electrons. The Bertz CT molecular complexity index is 884. The van der Waals surface area contributed by atoms with E-state index in [0.29, 0.717) is 12.8 Å². The maximum Gasteiger partial charge on any atom is 0.472 e. The van der Waals surface area contributed by atoms with E-state index in [1.54, 1.807) is 0 Å². The average molecular weight is 763 g/mol. The summed E-state index contributed by atoms with van der Waals surface area (Å²) in [7, 11) is -4.61. The molecule has 0 aliphatic heterocycles. The highest BCUT2D eigenvalue weighted by atomic mass is 31.2.